The molecule has 9 heteroatoms. The second-order valence-corrected chi connectivity index (χ2v) is 12.8. The molecule has 44 heavy (non-hydrogen) atoms. The van der Waals surface area contributed by atoms with E-state index in [0.717, 1.165) is 76.0 Å². The first-order chi connectivity index (χ1) is 21.0. The second-order valence-electron chi connectivity index (χ2n) is 12.8. The van der Waals surface area contributed by atoms with Crippen molar-refractivity contribution in [3.8, 4) is 5.75 Å². The molecule has 0 aliphatic carbocycles. The van der Waals surface area contributed by atoms with E-state index in [-0.39, 0.29) is 18.0 Å². The minimum absolute atomic E-state index is 0.0771. The molecule has 0 saturated heterocycles. The molecule has 1 aliphatic heterocycles. The third-order valence-electron chi connectivity index (χ3n) is 9.37. The Labute approximate surface area is 258 Å². The van der Waals surface area contributed by atoms with Gasteiger partial charge < -0.3 is 9.47 Å². The van der Waals surface area contributed by atoms with Crippen molar-refractivity contribution in [2.75, 3.05) is 13.7 Å². The molecule has 0 bridgehead atoms. The minimum atomic E-state index is -0.838. The normalized spacial score (nSPS) is 16.5. The van der Waals surface area contributed by atoms with Crippen molar-refractivity contribution in [1.29, 1.82) is 0 Å². The van der Waals surface area contributed by atoms with E-state index in [1.807, 2.05) is 38.7 Å². The molecule has 3 heterocycles. The summed E-state index contributed by atoms with van der Waals surface area (Å²) in [5.41, 5.74) is 8.65. The van der Waals surface area contributed by atoms with Gasteiger partial charge in [0.2, 0.25) is 0 Å². The predicted octanol–water partition coefficient (Wildman–Crippen LogP) is 5.98. The molecule has 1 unspecified atom stereocenters. The molecule has 6 rings (SSSR count). The molecule has 1 aliphatic rings. The number of aromatic nitrogens is 5. The van der Waals surface area contributed by atoms with Crippen molar-refractivity contribution in [3.63, 3.8) is 0 Å². The second kappa shape index (κ2) is 11.4. The summed E-state index contributed by atoms with van der Waals surface area (Å²) in [6.45, 7) is 12.6. The summed E-state index contributed by atoms with van der Waals surface area (Å²) in [5.74, 6) is 0.408. The Bertz CT molecular complexity index is 1870. The molecule has 0 N–H and O–H groups in total. The smallest absolute Gasteiger partial charge is 0.312 e. The Morgan fingerprint density at radius 3 is 2.66 bits per heavy atom. The maximum Gasteiger partial charge on any atom is 0.312 e. The number of nitrogens with zero attached hydrogens (tertiary/aromatic N) is 6. The Balaban J connectivity index is 1.42. The molecular formula is C35H42N6O3. The van der Waals surface area contributed by atoms with Crippen molar-refractivity contribution in [3.05, 3.63) is 82.0 Å². The number of carbonyl (C=O) groups is 1. The monoisotopic (exact) mass is 594 g/mol. The summed E-state index contributed by atoms with van der Waals surface area (Å²) >= 11 is 0. The summed E-state index contributed by atoms with van der Waals surface area (Å²) < 4.78 is 15.5. The molecule has 230 valence electrons. The van der Waals surface area contributed by atoms with E-state index in [9.17, 15) is 4.79 Å². The van der Waals surface area contributed by atoms with Gasteiger partial charge in [0.05, 0.1) is 18.0 Å². The van der Waals surface area contributed by atoms with Gasteiger partial charge in [-0.3, -0.25) is 14.4 Å². The number of esters is 1. The Hall–Kier alpha value is -4.24. The van der Waals surface area contributed by atoms with Crippen LogP contribution < -0.4 is 4.74 Å². The van der Waals surface area contributed by atoms with Crippen LogP contribution in [-0.2, 0) is 36.7 Å². The maximum absolute atomic E-state index is 13.3. The first kappa shape index (κ1) is 29.8. The van der Waals surface area contributed by atoms with Crippen LogP contribution in [0.25, 0.3) is 21.9 Å². The standard InChI is InChI=1S/C35H42N6O3/c1-9-26-19-41(20-28-30(44-26)15-12-24-17-39(6)37-33(24)28)18-25-16-23(11-10-21(25)2)31(35(4,5)34(42)43-8)27-13-14-29-32(22(27)3)36-38-40(29)7/h10-17,26,31H,9,18-20H2,1-8H3/t26-,31?/m1/s1. The van der Waals surface area contributed by atoms with Crippen LogP contribution in [0, 0.1) is 19.3 Å². The number of ether oxygens (including phenoxy) is 2. The number of hydrogen-bond acceptors (Lipinski definition) is 7. The fourth-order valence-electron chi connectivity index (χ4n) is 6.84. The molecular weight excluding hydrogens is 552 g/mol. The molecule has 0 amide bonds. The molecule has 0 fully saturated rings. The first-order valence-corrected chi connectivity index (χ1v) is 15.3. The Morgan fingerprint density at radius 2 is 1.91 bits per heavy atom. The largest absolute Gasteiger partial charge is 0.489 e. The van der Waals surface area contributed by atoms with Gasteiger partial charge in [-0.2, -0.15) is 5.10 Å². The predicted molar refractivity (Wildman–Crippen MR) is 172 cm³/mol. The van der Waals surface area contributed by atoms with E-state index < -0.39 is 5.41 Å². The molecule has 2 atom stereocenters. The van der Waals surface area contributed by atoms with E-state index in [1.165, 1.54) is 18.2 Å². The topological polar surface area (TPSA) is 87.3 Å². The zero-order valence-corrected chi connectivity index (χ0v) is 27.0. The van der Waals surface area contributed by atoms with Gasteiger partial charge in [-0.15, -0.1) is 5.10 Å². The maximum atomic E-state index is 13.3. The molecule has 0 saturated carbocycles. The summed E-state index contributed by atoms with van der Waals surface area (Å²) in [7, 11) is 5.31. The highest BCUT2D eigenvalue weighted by Crippen LogP contribution is 2.44. The first-order valence-electron chi connectivity index (χ1n) is 15.3. The van der Waals surface area contributed by atoms with Crippen LogP contribution in [0.2, 0.25) is 0 Å². The number of benzene rings is 3. The molecule has 2 aromatic heterocycles. The highest BCUT2D eigenvalue weighted by molar-refractivity contribution is 5.84. The fraction of sp³-hybridized carbons (Fsp3) is 0.429. The number of aryl methyl sites for hydroxylation is 4. The Morgan fingerprint density at radius 1 is 1.11 bits per heavy atom. The summed E-state index contributed by atoms with van der Waals surface area (Å²) in [6, 6.07) is 15.0. The van der Waals surface area contributed by atoms with Crippen molar-refractivity contribution < 1.29 is 14.3 Å². The minimum Gasteiger partial charge on any atom is -0.489 e. The number of rotatable bonds is 7. The zero-order chi connectivity index (χ0) is 31.3. The fourth-order valence-corrected chi connectivity index (χ4v) is 6.84. The summed E-state index contributed by atoms with van der Waals surface area (Å²) in [4.78, 5) is 15.8. The molecule has 5 aromatic rings. The van der Waals surface area contributed by atoms with Crippen molar-refractivity contribution in [2.24, 2.45) is 19.5 Å². The lowest BCUT2D eigenvalue weighted by Gasteiger charge is -2.34. The van der Waals surface area contributed by atoms with E-state index in [4.69, 9.17) is 14.6 Å². The van der Waals surface area contributed by atoms with Gasteiger partial charge >= 0.3 is 5.97 Å². The van der Waals surface area contributed by atoms with E-state index in [2.05, 4.69) is 78.6 Å². The van der Waals surface area contributed by atoms with Crippen LogP contribution in [0.3, 0.4) is 0 Å². The van der Waals surface area contributed by atoms with Gasteiger partial charge in [0.1, 0.15) is 22.9 Å². The Kier molecular flexibility index (Phi) is 7.70. The van der Waals surface area contributed by atoms with Crippen LogP contribution in [0.1, 0.15) is 66.5 Å². The molecule has 3 aromatic carbocycles. The van der Waals surface area contributed by atoms with Gasteiger partial charge in [0, 0.05) is 56.8 Å². The number of carbonyl (C=O) groups excluding carboxylic acids is 1. The van der Waals surface area contributed by atoms with E-state index in [0.29, 0.717) is 0 Å². The summed E-state index contributed by atoms with van der Waals surface area (Å²) in [5, 5.41) is 14.6. The third kappa shape index (κ3) is 5.13. The van der Waals surface area contributed by atoms with Crippen LogP contribution in [0.5, 0.6) is 5.75 Å². The average molecular weight is 595 g/mol. The lowest BCUT2D eigenvalue weighted by atomic mass is 9.69. The van der Waals surface area contributed by atoms with Gasteiger partial charge in [0.15, 0.2) is 0 Å². The van der Waals surface area contributed by atoms with Crippen LogP contribution in [-0.4, -0.2) is 55.4 Å². The third-order valence-corrected chi connectivity index (χ3v) is 9.37. The summed E-state index contributed by atoms with van der Waals surface area (Å²) in [6.07, 6.45) is 3.04. The van der Waals surface area contributed by atoms with Crippen molar-refractivity contribution in [1.82, 2.24) is 29.7 Å². The highest BCUT2D eigenvalue weighted by atomic mass is 16.5. The SMILES string of the molecule is CC[C@@H]1CN(Cc2cc(C(c3ccc4c(nnn4C)c3C)C(C)(C)C(=O)OC)ccc2C)Cc2c(ccc3cn(C)nc23)O1. The van der Waals surface area contributed by atoms with Crippen LogP contribution in [0.4, 0.5) is 0 Å². The van der Waals surface area contributed by atoms with Crippen LogP contribution >= 0.6 is 0 Å². The lowest BCUT2D eigenvalue weighted by Crippen LogP contribution is -2.34. The highest BCUT2D eigenvalue weighted by Gasteiger charge is 2.41. The number of hydrogen-bond donors (Lipinski definition) is 0. The molecule has 0 spiro atoms. The van der Waals surface area contributed by atoms with Crippen molar-refractivity contribution >= 4 is 27.9 Å². The van der Waals surface area contributed by atoms with E-state index in [1.54, 1.807) is 4.68 Å². The van der Waals surface area contributed by atoms with Gasteiger partial charge in [0.25, 0.3) is 0 Å². The van der Waals surface area contributed by atoms with Gasteiger partial charge in [-0.1, -0.05) is 36.4 Å². The van der Waals surface area contributed by atoms with Gasteiger partial charge in [-0.05, 0) is 80.1 Å². The average Bonchev–Trinajstić information content (AvgIpc) is 3.51. The lowest BCUT2D eigenvalue weighted by molar-refractivity contribution is -0.151. The zero-order valence-electron chi connectivity index (χ0n) is 27.0. The number of methoxy groups -OCH3 is 1. The quantitative estimate of drug-likeness (QED) is 0.214. The van der Waals surface area contributed by atoms with E-state index >= 15 is 0 Å². The number of fused-ring (bicyclic) bond motifs is 4. The molecule has 0 radical (unpaired) electrons. The molecule has 9 nitrogen and oxygen atoms in total. The van der Waals surface area contributed by atoms with Gasteiger partial charge in [-0.25, -0.2) is 4.68 Å². The van der Waals surface area contributed by atoms with Crippen LogP contribution in [0.15, 0.2) is 48.7 Å². The van der Waals surface area contributed by atoms with Crippen molar-refractivity contribution in [2.45, 2.75) is 66.2 Å².